The second-order valence-electron chi connectivity index (χ2n) is 4.51. The van der Waals surface area contributed by atoms with Crippen LogP contribution in [0.15, 0.2) is 12.1 Å². The summed E-state index contributed by atoms with van der Waals surface area (Å²) < 4.78 is 7.05. The second-order valence-corrected chi connectivity index (χ2v) is 5.36. The SMILES string of the molecule is CCCCn1nnnc1NCc1cc(Cl)cc(Cl)c1OC. The van der Waals surface area contributed by atoms with Crippen molar-refractivity contribution >= 4 is 29.2 Å². The van der Waals surface area contributed by atoms with E-state index in [-0.39, 0.29) is 0 Å². The molecular formula is C13H17Cl2N5O. The normalized spacial score (nSPS) is 10.7. The van der Waals surface area contributed by atoms with Gasteiger partial charge in [-0.1, -0.05) is 41.6 Å². The maximum atomic E-state index is 6.11. The summed E-state index contributed by atoms with van der Waals surface area (Å²) in [7, 11) is 1.57. The third-order valence-electron chi connectivity index (χ3n) is 2.98. The van der Waals surface area contributed by atoms with Crippen LogP contribution in [0.1, 0.15) is 25.3 Å². The first-order valence-corrected chi connectivity index (χ1v) is 7.43. The van der Waals surface area contributed by atoms with Gasteiger partial charge in [-0.2, -0.15) is 0 Å². The minimum atomic E-state index is 0.468. The summed E-state index contributed by atoms with van der Waals surface area (Å²) in [4.78, 5) is 0. The highest BCUT2D eigenvalue weighted by molar-refractivity contribution is 6.35. The first-order chi connectivity index (χ1) is 10.2. The molecule has 2 rings (SSSR count). The highest BCUT2D eigenvalue weighted by Gasteiger charge is 2.11. The van der Waals surface area contributed by atoms with Crippen LogP contribution in [0.25, 0.3) is 0 Å². The first kappa shape index (κ1) is 15.9. The zero-order chi connectivity index (χ0) is 15.2. The lowest BCUT2D eigenvalue weighted by Crippen LogP contribution is -2.10. The lowest BCUT2D eigenvalue weighted by atomic mass is 10.2. The van der Waals surface area contributed by atoms with Crippen LogP contribution in [0.4, 0.5) is 5.95 Å². The number of nitrogens with one attached hydrogen (secondary N) is 1. The number of tetrazole rings is 1. The van der Waals surface area contributed by atoms with Crippen molar-refractivity contribution in [2.45, 2.75) is 32.9 Å². The summed E-state index contributed by atoms with van der Waals surface area (Å²) >= 11 is 12.1. The Hall–Kier alpha value is -1.53. The molecule has 0 amide bonds. The Balaban J connectivity index is 2.11. The summed E-state index contributed by atoms with van der Waals surface area (Å²) in [6, 6.07) is 3.45. The molecule has 0 aliphatic carbocycles. The van der Waals surface area contributed by atoms with Gasteiger partial charge in [0.05, 0.1) is 12.1 Å². The molecule has 0 spiro atoms. The average Bonchev–Trinajstić information content (AvgIpc) is 2.89. The molecule has 0 atom stereocenters. The van der Waals surface area contributed by atoms with Crippen molar-refractivity contribution in [3.63, 3.8) is 0 Å². The van der Waals surface area contributed by atoms with Crippen molar-refractivity contribution in [2.75, 3.05) is 12.4 Å². The molecule has 0 saturated carbocycles. The monoisotopic (exact) mass is 329 g/mol. The van der Waals surface area contributed by atoms with E-state index in [2.05, 4.69) is 27.8 Å². The Kier molecular flexibility index (Phi) is 5.64. The fourth-order valence-electron chi connectivity index (χ4n) is 1.94. The summed E-state index contributed by atoms with van der Waals surface area (Å²) in [5.74, 6) is 1.21. The highest BCUT2D eigenvalue weighted by atomic mass is 35.5. The van der Waals surface area contributed by atoms with Crippen LogP contribution in [0, 0.1) is 0 Å². The fourth-order valence-corrected chi connectivity index (χ4v) is 2.55. The molecule has 0 bridgehead atoms. The molecular weight excluding hydrogens is 313 g/mol. The molecule has 2 aromatic rings. The predicted octanol–water partition coefficient (Wildman–Crippen LogP) is 3.40. The highest BCUT2D eigenvalue weighted by Crippen LogP contribution is 2.32. The average molecular weight is 330 g/mol. The summed E-state index contributed by atoms with van der Waals surface area (Å²) in [5.41, 5.74) is 0.847. The van der Waals surface area contributed by atoms with Crippen LogP contribution in [0.5, 0.6) is 5.75 Å². The van der Waals surface area contributed by atoms with Crippen LogP contribution in [0.3, 0.4) is 0 Å². The molecule has 1 N–H and O–H groups in total. The van der Waals surface area contributed by atoms with Gasteiger partial charge in [0.15, 0.2) is 0 Å². The predicted molar refractivity (Wildman–Crippen MR) is 83.1 cm³/mol. The van der Waals surface area contributed by atoms with Gasteiger partial charge in [-0.05, 0) is 29.0 Å². The van der Waals surface area contributed by atoms with E-state index in [9.17, 15) is 0 Å². The summed E-state index contributed by atoms with van der Waals surface area (Å²) in [5, 5.41) is 15.8. The van der Waals surface area contributed by atoms with E-state index in [1.54, 1.807) is 23.9 Å². The fraction of sp³-hybridized carbons (Fsp3) is 0.462. The number of hydrogen-bond acceptors (Lipinski definition) is 5. The number of aromatic nitrogens is 4. The molecule has 6 nitrogen and oxygen atoms in total. The number of aryl methyl sites for hydroxylation is 1. The van der Waals surface area contributed by atoms with Crippen molar-refractivity contribution in [2.24, 2.45) is 0 Å². The molecule has 114 valence electrons. The minimum absolute atomic E-state index is 0.468. The third-order valence-corrected chi connectivity index (χ3v) is 3.48. The molecule has 0 aliphatic rings. The number of nitrogens with zero attached hydrogens (tertiary/aromatic N) is 4. The Morgan fingerprint density at radius 1 is 1.33 bits per heavy atom. The lowest BCUT2D eigenvalue weighted by Gasteiger charge is -2.12. The third kappa shape index (κ3) is 3.98. The molecule has 1 heterocycles. The Labute approximate surface area is 133 Å². The van der Waals surface area contributed by atoms with E-state index in [4.69, 9.17) is 27.9 Å². The number of anilines is 1. The van der Waals surface area contributed by atoms with E-state index < -0.39 is 0 Å². The Morgan fingerprint density at radius 2 is 2.14 bits per heavy atom. The molecule has 21 heavy (non-hydrogen) atoms. The lowest BCUT2D eigenvalue weighted by molar-refractivity contribution is 0.410. The molecule has 0 unspecified atom stereocenters. The quantitative estimate of drug-likeness (QED) is 0.843. The molecule has 1 aromatic carbocycles. The maximum Gasteiger partial charge on any atom is 0.243 e. The van der Waals surface area contributed by atoms with E-state index in [1.807, 2.05) is 0 Å². The minimum Gasteiger partial charge on any atom is -0.495 e. The van der Waals surface area contributed by atoms with Gasteiger partial charge in [0, 0.05) is 23.7 Å². The number of ether oxygens (including phenoxy) is 1. The Morgan fingerprint density at radius 3 is 2.86 bits per heavy atom. The van der Waals surface area contributed by atoms with Crippen molar-refractivity contribution in [3.8, 4) is 5.75 Å². The van der Waals surface area contributed by atoms with Crippen LogP contribution < -0.4 is 10.1 Å². The van der Waals surface area contributed by atoms with Gasteiger partial charge in [-0.25, -0.2) is 4.68 Å². The van der Waals surface area contributed by atoms with Crippen molar-refractivity contribution in [1.82, 2.24) is 20.2 Å². The van der Waals surface area contributed by atoms with E-state index >= 15 is 0 Å². The number of unbranched alkanes of at least 4 members (excludes halogenated alkanes) is 1. The van der Waals surface area contributed by atoms with Crippen LogP contribution in [0.2, 0.25) is 10.0 Å². The number of benzene rings is 1. The van der Waals surface area contributed by atoms with Crippen LogP contribution in [-0.4, -0.2) is 27.3 Å². The number of hydrogen-bond donors (Lipinski definition) is 1. The van der Waals surface area contributed by atoms with Gasteiger partial charge in [0.25, 0.3) is 0 Å². The van der Waals surface area contributed by atoms with Gasteiger partial charge in [-0.3, -0.25) is 0 Å². The number of rotatable bonds is 7. The zero-order valence-electron chi connectivity index (χ0n) is 11.9. The standard InChI is InChI=1S/C13H17Cl2N5O/c1-3-4-5-20-13(17-18-19-20)16-8-9-6-10(14)7-11(15)12(9)21-2/h6-7H,3-5,8H2,1-2H3,(H,16,17,19). The molecule has 0 saturated heterocycles. The Bertz CT molecular complexity index is 602. The second kappa shape index (κ2) is 7.47. The largest absolute Gasteiger partial charge is 0.495 e. The van der Waals surface area contributed by atoms with Gasteiger partial charge in [0.2, 0.25) is 5.95 Å². The van der Waals surface area contributed by atoms with E-state index in [0.29, 0.717) is 28.3 Å². The van der Waals surface area contributed by atoms with Crippen molar-refractivity contribution < 1.29 is 4.74 Å². The van der Waals surface area contributed by atoms with Gasteiger partial charge >= 0.3 is 0 Å². The zero-order valence-corrected chi connectivity index (χ0v) is 13.4. The van der Waals surface area contributed by atoms with Crippen LogP contribution in [-0.2, 0) is 13.1 Å². The van der Waals surface area contributed by atoms with Gasteiger partial charge in [0.1, 0.15) is 5.75 Å². The number of halogens is 2. The van der Waals surface area contributed by atoms with Crippen LogP contribution >= 0.6 is 23.2 Å². The molecule has 0 aliphatic heterocycles. The van der Waals surface area contributed by atoms with E-state index in [0.717, 1.165) is 24.9 Å². The molecule has 1 aromatic heterocycles. The molecule has 8 heteroatoms. The summed E-state index contributed by atoms with van der Waals surface area (Å²) in [6.07, 6.45) is 2.10. The molecule has 0 fully saturated rings. The maximum absolute atomic E-state index is 6.11. The first-order valence-electron chi connectivity index (χ1n) is 6.67. The smallest absolute Gasteiger partial charge is 0.243 e. The van der Waals surface area contributed by atoms with Gasteiger partial charge < -0.3 is 10.1 Å². The van der Waals surface area contributed by atoms with E-state index in [1.165, 1.54) is 0 Å². The van der Waals surface area contributed by atoms with Crippen molar-refractivity contribution in [3.05, 3.63) is 27.7 Å². The van der Waals surface area contributed by atoms with Crippen molar-refractivity contribution in [1.29, 1.82) is 0 Å². The number of methoxy groups -OCH3 is 1. The topological polar surface area (TPSA) is 64.9 Å². The molecule has 0 radical (unpaired) electrons. The summed E-state index contributed by atoms with van der Waals surface area (Å²) in [6.45, 7) is 3.37. The van der Waals surface area contributed by atoms with Gasteiger partial charge in [-0.15, -0.1) is 0 Å².